The number of ether oxygens (including phenoxy) is 1. The average molecular weight is 353 g/mol. The highest BCUT2D eigenvalue weighted by molar-refractivity contribution is 5.85. The lowest BCUT2D eigenvalue weighted by atomic mass is 9.84. The van der Waals surface area contributed by atoms with Gasteiger partial charge in [-0.1, -0.05) is 12.1 Å². The summed E-state index contributed by atoms with van der Waals surface area (Å²) in [7, 11) is 0. The number of carbonyl (C=O) groups excluding carboxylic acids is 1. The molecule has 0 spiro atoms. The molecule has 1 aromatic carbocycles. The van der Waals surface area contributed by atoms with Crippen LogP contribution in [0.1, 0.15) is 51.6 Å². The Balaban J connectivity index is 0.00000208. The molecule has 24 heavy (non-hydrogen) atoms. The van der Waals surface area contributed by atoms with Gasteiger partial charge < -0.3 is 15.8 Å². The van der Waals surface area contributed by atoms with Gasteiger partial charge in [-0.2, -0.15) is 0 Å². The Kier molecular flexibility index (Phi) is 6.16. The van der Waals surface area contributed by atoms with Crippen LogP contribution in [-0.2, 0) is 4.79 Å². The molecule has 1 aromatic rings. The van der Waals surface area contributed by atoms with E-state index in [1.165, 1.54) is 6.42 Å². The fraction of sp³-hybridized carbons (Fsp3) is 0.632. The van der Waals surface area contributed by atoms with Crippen LogP contribution in [0.3, 0.4) is 0 Å². The lowest BCUT2D eigenvalue weighted by Gasteiger charge is -2.28. The van der Waals surface area contributed by atoms with Crippen LogP contribution in [-0.4, -0.2) is 18.1 Å². The molecule has 2 aliphatic rings. The smallest absolute Gasteiger partial charge is 0.225 e. The van der Waals surface area contributed by atoms with Crippen molar-refractivity contribution in [2.45, 2.75) is 58.2 Å². The molecule has 5 atom stereocenters. The molecule has 5 heteroatoms. The lowest BCUT2D eigenvalue weighted by molar-refractivity contribution is -0.127. The maximum atomic E-state index is 12.6. The molecule has 3 rings (SSSR count). The third-order valence-corrected chi connectivity index (χ3v) is 5.39. The van der Waals surface area contributed by atoms with Gasteiger partial charge in [0.2, 0.25) is 5.91 Å². The third kappa shape index (κ3) is 3.86. The predicted octanol–water partition coefficient (Wildman–Crippen LogP) is 3.45. The second kappa shape index (κ2) is 7.75. The minimum absolute atomic E-state index is 0. The number of halogens is 1. The number of fused-ring (bicyclic) bond motifs is 2. The molecule has 2 saturated carbocycles. The van der Waals surface area contributed by atoms with E-state index in [4.69, 9.17) is 10.5 Å². The molecule has 2 fully saturated rings. The molecule has 5 unspecified atom stereocenters. The summed E-state index contributed by atoms with van der Waals surface area (Å²) in [6, 6.07) is 7.99. The summed E-state index contributed by atoms with van der Waals surface area (Å²) in [6.07, 6.45) is 3.65. The molecule has 0 aliphatic heterocycles. The van der Waals surface area contributed by atoms with E-state index in [9.17, 15) is 4.79 Å². The van der Waals surface area contributed by atoms with E-state index in [-0.39, 0.29) is 42.4 Å². The zero-order valence-corrected chi connectivity index (χ0v) is 15.5. The van der Waals surface area contributed by atoms with E-state index in [0.29, 0.717) is 11.8 Å². The summed E-state index contributed by atoms with van der Waals surface area (Å²) in [6.45, 7) is 6.04. The molecule has 134 valence electrons. The van der Waals surface area contributed by atoms with Crippen LogP contribution in [0.4, 0.5) is 0 Å². The summed E-state index contributed by atoms with van der Waals surface area (Å²) in [5, 5.41) is 3.15. The minimum atomic E-state index is -0.0121. The molecule has 2 bridgehead atoms. The van der Waals surface area contributed by atoms with Crippen LogP contribution < -0.4 is 15.8 Å². The Bertz CT molecular complexity index is 559. The highest BCUT2D eigenvalue weighted by Gasteiger charge is 2.49. The number of amides is 1. The molecule has 3 N–H and O–H groups in total. The van der Waals surface area contributed by atoms with Gasteiger partial charge >= 0.3 is 0 Å². The van der Waals surface area contributed by atoms with Crippen LogP contribution in [0.25, 0.3) is 0 Å². The van der Waals surface area contributed by atoms with Crippen LogP contribution in [0, 0.1) is 17.8 Å². The molecular formula is C19H29ClN2O2. The van der Waals surface area contributed by atoms with Gasteiger partial charge in [-0.25, -0.2) is 0 Å². The first-order valence-electron chi connectivity index (χ1n) is 8.78. The van der Waals surface area contributed by atoms with Crippen LogP contribution in [0.2, 0.25) is 0 Å². The average Bonchev–Trinajstić information content (AvgIpc) is 3.08. The lowest BCUT2D eigenvalue weighted by Crippen LogP contribution is -2.45. The predicted molar refractivity (Wildman–Crippen MR) is 98.3 cm³/mol. The normalized spacial score (nSPS) is 29.2. The first-order valence-corrected chi connectivity index (χ1v) is 8.78. The van der Waals surface area contributed by atoms with Crippen molar-refractivity contribution < 1.29 is 9.53 Å². The molecule has 4 nitrogen and oxygen atoms in total. The molecule has 1 amide bonds. The Morgan fingerprint density at radius 1 is 1.17 bits per heavy atom. The van der Waals surface area contributed by atoms with Crippen molar-refractivity contribution in [3.05, 3.63) is 29.8 Å². The van der Waals surface area contributed by atoms with Gasteiger partial charge in [0.15, 0.2) is 0 Å². The number of hydrogen-bond donors (Lipinski definition) is 2. The zero-order valence-electron chi connectivity index (χ0n) is 14.7. The largest absolute Gasteiger partial charge is 0.491 e. The van der Waals surface area contributed by atoms with Crippen molar-refractivity contribution in [1.82, 2.24) is 5.32 Å². The van der Waals surface area contributed by atoms with E-state index in [0.717, 1.165) is 24.2 Å². The second-order valence-electron chi connectivity index (χ2n) is 7.40. The van der Waals surface area contributed by atoms with E-state index < -0.39 is 0 Å². The fourth-order valence-corrected chi connectivity index (χ4v) is 4.23. The summed E-state index contributed by atoms with van der Waals surface area (Å²) in [5.74, 6) is 2.03. The van der Waals surface area contributed by atoms with Crippen LogP contribution in [0.15, 0.2) is 24.3 Å². The van der Waals surface area contributed by atoms with Crippen molar-refractivity contribution >= 4 is 18.3 Å². The van der Waals surface area contributed by atoms with Crippen LogP contribution >= 0.6 is 12.4 Å². The minimum Gasteiger partial charge on any atom is -0.491 e. The first-order chi connectivity index (χ1) is 11.0. The Hall–Kier alpha value is -1.26. The zero-order chi connectivity index (χ0) is 16.6. The van der Waals surface area contributed by atoms with Crippen molar-refractivity contribution in [2.24, 2.45) is 23.5 Å². The van der Waals surface area contributed by atoms with E-state index in [1.54, 1.807) is 0 Å². The number of nitrogens with two attached hydrogens (primary N) is 1. The first kappa shape index (κ1) is 19.1. The number of carbonyl (C=O) groups is 1. The van der Waals surface area contributed by atoms with Crippen molar-refractivity contribution in [3.63, 3.8) is 0 Å². The number of rotatable bonds is 5. The molecule has 0 heterocycles. The van der Waals surface area contributed by atoms with Gasteiger partial charge in [0.05, 0.1) is 18.1 Å². The quantitative estimate of drug-likeness (QED) is 0.853. The van der Waals surface area contributed by atoms with Gasteiger partial charge in [-0.05, 0) is 69.6 Å². The van der Waals surface area contributed by atoms with E-state index >= 15 is 0 Å². The third-order valence-electron chi connectivity index (χ3n) is 5.39. The summed E-state index contributed by atoms with van der Waals surface area (Å²) < 4.78 is 5.65. The topological polar surface area (TPSA) is 64.3 Å². The van der Waals surface area contributed by atoms with Gasteiger partial charge in [-0.15, -0.1) is 12.4 Å². The SMILES string of the molecule is CC(C)Oc1ccc(C(C)NC(=O)C2C3CCC(C3)C2N)cc1.Cl. The Morgan fingerprint density at radius 3 is 2.33 bits per heavy atom. The molecular weight excluding hydrogens is 324 g/mol. The molecule has 0 radical (unpaired) electrons. The van der Waals surface area contributed by atoms with Crippen LogP contribution in [0.5, 0.6) is 5.75 Å². The van der Waals surface area contributed by atoms with Gasteiger partial charge in [0, 0.05) is 6.04 Å². The molecule has 0 saturated heterocycles. The number of hydrogen-bond acceptors (Lipinski definition) is 3. The Labute approximate surface area is 150 Å². The van der Waals surface area contributed by atoms with E-state index in [1.807, 2.05) is 45.0 Å². The summed E-state index contributed by atoms with van der Waals surface area (Å²) in [5.41, 5.74) is 7.36. The van der Waals surface area contributed by atoms with Crippen molar-refractivity contribution in [1.29, 1.82) is 0 Å². The van der Waals surface area contributed by atoms with Crippen molar-refractivity contribution in [2.75, 3.05) is 0 Å². The maximum Gasteiger partial charge on any atom is 0.225 e. The highest BCUT2D eigenvalue weighted by Crippen LogP contribution is 2.47. The number of benzene rings is 1. The monoisotopic (exact) mass is 352 g/mol. The van der Waals surface area contributed by atoms with Gasteiger partial charge in [0.1, 0.15) is 5.75 Å². The maximum absolute atomic E-state index is 12.6. The molecule has 0 aromatic heterocycles. The summed E-state index contributed by atoms with van der Waals surface area (Å²) in [4.78, 5) is 12.6. The Morgan fingerprint density at radius 2 is 1.79 bits per heavy atom. The van der Waals surface area contributed by atoms with E-state index in [2.05, 4.69) is 5.32 Å². The highest BCUT2D eigenvalue weighted by atomic mass is 35.5. The van der Waals surface area contributed by atoms with Crippen molar-refractivity contribution in [3.8, 4) is 5.75 Å². The fourth-order valence-electron chi connectivity index (χ4n) is 4.23. The number of nitrogens with one attached hydrogen (secondary N) is 1. The summed E-state index contributed by atoms with van der Waals surface area (Å²) >= 11 is 0. The van der Waals surface area contributed by atoms with Gasteiger partial charge in [-0.3, -0.25) is 4.79 Å². The van der Waals surface area contributed by atoms with Gasteiger partial charge in [0.25, 0.3) is 0 Å². The standard InChI is InChI=1S/C19H28N2O2.ClH/c1-11(2)23-16-8-6-13(7-9-16)12(3)21-19(22)17-14-4-5-15(10-14)18(17)20;/h6-9,11-12,14-15,17-18H,4-5,10,20H2,1-3H3,(H,21,22);1H. The second-order valence-corrected chi connectivity index (χ2v) is 7.40. The molecule has 2 aliphatic carbocycles.